The number of aromatic nitrogens is 2. The van der Waals surface area contributed by atoms with Crippen LogP contribution in [0.2, 0.25) is 0 Å². The Bertz CT molecular complexity index is 417. The van der Waals surface area contributed by atoms with Gasteiger partial charge in [0.25, 0.3) is 0 Å². The Morgan fingerprint density at radius 3 is 3.08 bits per heavy atom. The van der Waals surface area contributed by atoms with Gasteiger partial charge in [0.15, 0.2) is 0 Å². The van der Waals surface area contributed by atoms with Crippen LogP contribution in [0.15, 0.2) is 24.5 Å². The second kappa shape index (κ2) is 3.18. The standard InChI is InChI=1S/C10H13N3/c1-2-10-12-7-9-5-8(6-11)3-4-13(9)10/h3-5,7H,2,6,11H2,1H3. The zero-order chi connectivity index (χ0) is 9.26. The van der Waals surface area contributed by atoms with Crippen molar-refractivity contribution in [2.75, 3.05) is 0 Å². The molecule has 0 spiro atoms. The molecule has 3 nitrogen and oxygen atoms in total. The van der Waals surface area contributed by atoms with E-state index in [4.69, 9.17) is 5.73 Å². The lowest BCUT2D eigenvalue weighted by atomic mass is 10.2. The largest absolute Gasteiger partial charge is 0.326 e. The van der Waals surface area contributed by atoms with Crippen LogP contribution in [-0.4, -0.2) is 9.38 Å². The summed E-state index contributed by atoms with van der Waals surface area (Å²) < 4.78 is 2.10. The molecule has 68 valence electrons. The van der Waals surface area contributed by atoms with E-state index >= 15 is 0 Å². The van der Waals surface area contributed by atoms with Crippen LogP contribution in [0.1, 0.15) is 18.3 Å². The van der Waals surface area contributed by atoms with Gasteiger partial charge >= 0.3 is 0 Å². The van der Waals surface area contributed by atoms with Crippen molar-refractivity contribution in [2.24, 2.45) is 5.73 Å². The van der Waals surface area contributed by atoms with Crippen molar-refractivity contribution in [3.05, 3.63) is 35.9 Å². The summed E-state index contributed by atoms with van der Waals surface area (Å²) in [6.07, 6.45) is 4.87. The maximum Gasteiger partial charge on any atom is 0.112 e. The molecule has 0 bridgehead atoms. The normalized spacial score (nSPS) is 10.9. The molecule has 2 heterocycles. The number of nitrogens with two attached hydrogens (primary N) is 1. The summed E-state index contributed by atoms with van der Waals surface area (Å²) in [7, 11) is 0. The molecular formula is C10H13N3. The summed E-state index contributed by atoms with van der Waals surface area (Å²) >= 11 is 0. The number of nitrogens with zero attached hydrogens (tertiary/aromatic N) is 2. The molecule has 0 atom stereocenters. The molecule has 0 unspecified atom stereocenters. The fourth-order valence-corrected chi connectivity index (χ4v) is 1.49. The van der Waals surface area contributed by atoms with Crippen molar-refractivity contribution in [2.45, 2.75) is 19.9 Å². The van der Waals surface area contributed by atoms with Crippen LogP contribution in [0.25, 0.3) is 5.52 Å². The van der Waals surface area contributed by atoms with E-state index < -0.39 is 0 Å². The minimum absolute atomic E-state index is 0.586. The van der Waals surface area contributed by atoms with E-state index in [2.05, 4.69) is 22.4 Å². The zero-order valence-electron chi connectivity index (χ0n) is 7.70. The molecule has 0 aromatic carbocycles. The van der Waals surface area contributed by atoms with Crippen LogP contribution < -0.4 is 5.73 Å². The van der Waals surface area contributed by atoms with Crippen molar-refractivity contribution >= 4 is 5.52 Å². The number of hydrogen-bond acceptors (Lipinski definition) is 2. The molecule has 0 saturated heterocycles. The molecule has 2 aromatic heterocycles. The smallest absolute Gasteiger partial charge is 0.112 e. The van der Waals surface area contributed by atoms with Gasteiger partial charge in [0.2, 0.25) is 0 Å². The minimum Gasteiger partial charge on any atom is -0.326 e. The van der Waals surface area contributed by atoms with Crippen LogP contribution >= 0.6 is 0 Å². The summed E-state index contributed by atoms with van der Waals surface area (Å²) in [5.41, 5.74) is 7.82. The summed E-state index contributed by atoms with van der Waals surface area (Å²) in [6, 6.07) is 4.11. The first kappa shape index (κ1) is 8.26. The maximum absolute atomic E-state index is 5.55. The predicted octanol–water partition coefficient (Wildman–Crippen LogP) is 1.36. The summed E-state index contributed by atoms with van der Waals surface area (Å²) in [6.45, 7) is 2.69. The van der Waals surface area contributed by atoms with Crippen LogP contribution in [0.3, 0.4) is 0 Å². The lowest BCUT2D eigenvalue weighted by Crippen LogP contribution is -1.98. The van der Waals surface area contributed by atoms with Crippen molar-refractivity contribution in [1.29, 1.82) is 0 Å². The van der Waals surface area contributed by atoms with Gasteiger partial charge in [0, 0.05) is 19.2 Å². The Hall–Kier alpha value is -1.35. The maximum atomic E-state index is 5.55. The van der Waals surface area contributed by atoms with Gasteiger partial charge in [-0.1, -0.05) is 6.92 Å². The van der Waals surface area contributed by atoms with Crippen molar-refractivity contribution < 1.29 is 0 Å². The number of hydrogen-bond donors (Lipinski definition) is 1. The summed E-state index contributed by atoms with van der Waals surface area (Å²) in [5, 5.41) is 0. The monoisotopic (exact) mass is 175 g/mol. The number of pyridine rings is 1. The highest BCUT2D eigenvalue weighted by Crippen LogP contribution is 2.09. The van der Waals surface area contributed by atoms with Gasteiger partial charge in [0.05, 0.1) is 11.7 Å². The predicted molar refractivity (Wildman–Crippen MR) is 52.5 cm³/mol. The minimum atomic E-state index is 0.586. The second-order valence-corrected chi connectivity index (χ2v) is 3.06. The highest BCUT2D eigenvalue weighted by molar-refractivity contribution is 5.48. The Morgan fingerprint density at radius 2 is 2.38 bits per heavy atom. The van der Waals surface area contributed by atoms with Crippen molar-refractivity contribution in [3.8, 4) is 0 Å². The van der Waals surface area contributed by atoms with Gasteiger partial charge in [-0.15, -0.1) is 0 Å². The molecule has 2 rings (SSSR count). The number of aryl methyl sites for hydroxylation is 1. The van der Waals surface area contributed by atoms with Gasteiger partial charge in [-0.3, -0.25) is 0 Å². The van der Waals surface area contributed by atoms with Crippen molar-refractivity contribution in [3.63, 3.8) is 0 Å². The number of fused-ring (bicyclic) bond motifs is 1. The van der Waals surface area contributed by atoms with E-state index in [-0.39, 0.29) is 0 Å². The second-order valence-electron chi connectivity index (χ2n) is 3.06. The Kier molecular flexibility index (Phi) is 2.02. The Morgan fingerprint density at radius 1 is 1.54 bits per heavy atom. The molecule has 0 saturated carbocycles. The molecule has 2 aromatic rings. The van der Waals surface area contributed by atoms with Crippen LogP contribution in [-0.2, 0) is 13.0 Å². The van der Waals surface area contributed by atoms with Gasteiger partial charge in [-0.25, -0.2) is 4.98 Å². The first-order valence-electron chi connectivity index (χ1n) is 4.50. The lowest BCUT2D eigenvalue weighted by molar-refractivity contribution is 0.928. The molecule has 0 fully saturated rings. The van der Waals surface area contributed by atoms with Crippen molar-refractivity contribution in [1.82, 2.24) is 9.38 Å². The molecule has 0 aliphatic heterocycles. The molecule has 0 aliphatic carbocycles. The first-order valence-corrected chi connectivity index (χ1v) is 4.50. The first-order chi connectivity index (χ1) is 6.35. The van der Waals surface area contributed by atoms with E-state index in [0.717, 1.165) is 23.3 Å². The SMILES string of the molecule is CCc1ncc2cc(CN)ccn12. The molecular weight excluding hydrogens is 162 g/mol. The fourth-order valence-electron chi connectivity index (χ4n) is 1.49. The fraction of sp³-hybridized carbons (Fsp3) is 0.300. The van der Waals surface area contributed by atoms with E-state index in [1.54, 1.807) is 0 Å². The zero-order valence-corrected chi connectivity index (χ0v) is 7.70. The third-order valence-corrected chi connectivity index (χ3v) is 2.22. The highest BCUT2D eigenvalue weighted by atomic mass is 15.0. The van der Waals surface area contributed by atoms with Gasteiger partial charge in [-0.05, 0) is 17.7 Å². The van der Waals surface area contributed by atoms with Crippen LogP contribution in [0.5, 0.6) is 0 Å². The molecule has 0 amide bonds. The van der Waals surface area contributed by atoms with Crippen LogP contribution in [0.4, 0.5) is 0 Å². The Balaban J connectivity index is 2.61. The van der Waals surface area contributed by atoms with E-state index in [1.807, 2.05) is 18.5 Å². The third kappa shape index (κ3) is 1.31. The van der Waals surface area contributed by atoms with Gasteiger partial charge in [0.1, 0.15) is 5.82 Å². The van der Waals surface area contributed by atoms with E-state index in [0.29, 0.717) is 6.54 Å². The van der Waals surface area contributed by atoms with Crippen LogP contribution in [0, 0.1) is 0 Å². The number of imidazole rings is 1. The average Bonchev–Trinajstić information content (AvgIpc) is 2.59. The molecule has 0 aliphatic rings. The van der Waals surface area contributed by atoms with E-state index in [9.17, 15) is 0 Å². The summed E-state index contributed by atoms with van der Waals surface area (Å²) in [5.74, 6) is 1.10. The van der Waals surface area contributed by atoms with Gasteiger partial charge in [-0.2, -0.15) is 0 Å². The third-order valence-electron chi connectivity index (χ3n) is 2.22. The topological polar surface area (TPSA) is 43.3 Å². The molecule has 2 N–H and O–H groups in total. The van der Waals surface area contributed by atoms with Gasteiger partial charge < -0.3 is 10.1 Å². The summed E-state index contributed by atoms with van der Waals surface area (Å²) in [4.78, 5) is 4.31. The molecule has 13 heavy (non-hydrogen) atoms. The lowest BCUT2D eigenvalue weighted by Gasteiger charge is -2.00. The molecule has 0 radical (unpaired) electrons. The highest BCUT2D eigenvalue weighted by Gasteiger charge is 2.00. The average molecular weight is 175 g/mol. The Labute approximate surface area is 77.2 Å². The quantitative estimate of drug-likeness (QED) is 0.748. The number of rotatable bonds is 2. The molecule has 3 heteroatoms. The van der Waals surface area contributed by atoms with E-state index in [1.165, 1.54) is 0 Å².